The Labute approximate surface area is 49.9 Å². The monoisotopic (exact) mass is 136 g/mol. The molecule has 0 spiro atoms. The highest BCUT2D eigenvalue weighted by atomic mass is 32.2. The van der Waals surface area contributed by atoms with E-state index in [0.29, 0.717) is 0 Å². The summed E-state index contributed by atoms with van der Waals surface area (Å²) >= 11 is 4.24. The van der Waals surface area contributed by atoms with Gasteiger partial charge in [0.25, 0.3) is 0 Å². The molecule has 0 bridgehead atoms. The molecule has 1 fully saturated rings. The molecular formula is C3H8S2Si. The Morgan fingerprint density at radius 1 is 1.33 bits per heavy atom. The largest absolute Gasteiger partial charge is 0.151 e. The van der Waals surface area contributed by atoms with Gasteiger partial charge in [-0.1, -0.05) is 0 Å². The SMILES string of the molecule is [SiH3]C1SCCS1. The van der Waals surface area contributed by atoms with Gasteiger partial charge >= 0.3 is 0 Å². The van der Waals surface area contributed by atoms with Crippen LogP contribution < -0.4 is 0 Å². The Balaban J connectivity index is 2.18. The van der Waals surface area contributed by atoms with Gasteiger partial charge in [0.2, 0.25) is 0 Å². The topological polar surface area (TPSA) is 0 Å². The minimum absolute atomic E-state index is 1.02. The molecule has 1 saturated heterocycles. The standard InChI is InChI=1S/C3H8S2Si/c6-3-4-1-2-5-3/h3H,1-2H2,6H3. The molecule has 0 aromatic rings. The molecule has 1 rings (SSSR count). The van der Waals surface area contributed by atoms with Gasteiger partial charge in [-0.2, -0.15) is 23.5 Å². The Morgan fingerprint density at radius 3 is 2.00 bits per heavy atom. The Kier molecular flexibility index (Phi) is 1.93. The van der Waals surface area contributed by atoms with Crippen LogP contribution in [0.2, 0.25) is 0 Å². The van der Waals surface area contributed by atoms with Gasteiger partial charge in [-0.05, 0) is 0 Å². The van der Waals surface area contributed by atoms with Gasteiger partial charge in [-0.3, -0.25) is 0 Å². The zero-order valence-corrected chi connectivity index (χ0v) is 7.44. The minimum Gasteiger partial charge on any atom is -0.151 e. The quantitative estimate of drug-likeness (QED) is 0.434. The molecule has 0 amide bonds. The Morgan fingerprint density at radius 2 is 1.83 bits per heavy atom. The highest BCUT2D eigenvalue weighted by Gasteiger charge is 2.08. The van der Waals surface area contributed by atoms with E-state index in [4.69, 9.17) is 0 Å². The van der Waals surface area contributed by atoms with Gasteiger partial charge in [-0.15, -0.1) is 0 Å². The van der Waals surface area contributed by atoms with E-state index in [9.17, 15) is 0 Å². The van der Waals surface area contributed by atoms with Crippen LogP contribution in [0, 0.1) is 0 Å². The molecule has 0 aromatic carbocycles. The average molecular weight is 136 g/mol. The molecular weight excluding hydrogens is 128 g/mol. The maximum atomic E-state index is 2.12. The van der Waals surface area contributed by atoms with Crippen LogP contribution in [0.15, 0.2) is 0 Å². The van der Waals surface area contributed by atoms with Crippen molar-refractivity contribution < 1.29 is 0 Å². The van der Waals surface area contributed by atoms with Crippen LogP contribution in [0.5, 0.6) is 0 Å². The van der Waals surface area contributed by atoms with Crippen molar-refractivity contribution in [3.05, 3.63) is 0 Å². The normalized spacial score (nSPS) is 26.0. The second-order valence-corrected chi connectivity index (χ2v) is 7.33. The van der Waals surface area contributed by atoms with Crippen LogP contribution in [0.4, 0.5) is 0 Å². The van der Waals surface area contributed by atoms with Gasteiger partial charge in [-0.25, -0.2) is 0 Å². The smallest absolute Gasteiger partial charge is 0.0325 e. The van der Waals surface area contributed by atoms with Crippen LogP contribution >= 0.6 is 23.5 Å². The van der Waals surface area contributed by atoms with Crippen LogP contribution in [0.1, 0.15) is 0 Å². The average Bonchev–Trinajstić information content (AvgIpc) is 1.86. The van der Waals surface area contributed by atoms with Crippen LogP contribution in [-0.4, -0.2) is 26.0 Å². The lowest BCUT2D eigenvalue weighted by atomic mass is 11.0. The van der Waals surface area contributed by atoms with Crippen LogP contribution in [-0.2, 0) is 0 Å². The maximum Gasteiger partial charge on any atom is 0.0325 e. The van der Waals surface area contributed by atoms with Crippen molar-refractivity contribution >= 4 is 33.8 Å². The van der Waals surface area contributed by atoms with Gasteiger partial charge in [0.1, 0.15) is 0 Å². The zero-order valence-electron chi connectivity index (χ0n) is 3.81. The lowest BCUT2D eigenvalue weighted by Crippen LogP contribution is -1.84. The lowest BCUT2D eigenvalue weighted by molar-refractivity contribution is 1.59. The molecule has 1 aliphatic rings. The third-order valence-corrected chi connectivity index (χ3v) is 5.68. The van der Waals surface area contributed by atoms with Crippen molar-refractivity contribution in [2.75, 3.05) is 11.5 Å². The molecule has 0 radical (unpaired) electrons. The summed E-state index contributed by atoms with van der Waals surface area (Å²) in [5.74, 6) is 2.80. The maximum absolute atomic E-state index is 2.12. The van der Waals surface area contributed by atoms with Crippen LogP contribution in [0.25, 0.3) is 0 Å². The van der Waals surface area contributed by atoms with E-state index in [1.807, 2.05) is 0 Å². The molecule has 3 heteroatoms. The number of hydrogen-bond acceptors (Lipinski definition) is 2. The summed E-state index contributed by atoms with van der Waals surface area (Å²) in [5, 5.41) is 0. The summed E-state index contributed by atoms with van der Waals surface area (Å²) in [7, 11) is 1.38. The van der Waals surface area contributed by atoms with Crippen molar-refractivity contribution in [2.24, 2.45) is 0 Å². The van der Waals surface area contributed by atoms with Gasteiger partial charge in [0.15, 0.2) is 0 Å². The number of rotatable bonds is 0. The molecule has 0 atom stereocenters. The molecule has 1 heterocycles. The fraction of sp³-hybridized carbons (Fsp3) is 1.00. The van der Waals surface area contributed by atoms with Gasteiger partial charge in [0, 0.05) is 26.0 Å². The van der Waals surface area contributed by atoms with E-state index >= 15 is 0 Å². The van der Waals surface area contributed by atoms with Crippen molar-refractivity contribution in [3.8, 4) is 0 Å². The second kappa shape index (κ2) is 2.28. The fourth-order valence-electron chi connectivity index (χ4n) is 0.476. The van der Waals surface area contributed by atoms with Gasteiger partial charge < -0.3 is 0 Å². The zero-order chi connectivity index (χ0) is 4.41. The highest BCUT2D eigenvalue weighted by Crippen LogP contribution is 2.28. The Bertz CT molecular complexity index is 42.1. The molecule has 0 aromatic heterocycles. The van der Waals surface area contributed by atoms with Crippen molar-refractivity contribution in [3.63, 3.8) is 0 Å². The minimum atomic E-state index is 1.02. The summed E-state index contributed by atoms with van der Waals surface area (Å²) in [6.07, 6.45) is 0. The summed E-state index contributed by atoms with van der Waals surface area (Å²) < 4.78 is 1.02. The van der Waals surface area contributed by atoms with E-state index in [2.05, 4.69) is 23.5 Å². The summed E-state index contributed by atoms with van der Waals surface area (Å²) in [6, 6.07) is 0. The molecule has 0 nitrogen and oxygen atoms in total. The second-order valence-electron chi connectivity index (χ2n) is 1.31. The van der Waals surface area contributed by atoms with E-state index in [-0.39, 0.29) is 0 Å². The lowest BCUT2D eigenvalue weighted by Gasteiger charge is -1.90. The van der Waals surface area contributed by atoms with Gasteiger partial charge in [0.05, 0.1) is 0 Å². The van der Waals surface area contributed by atoms with E-state index in [1.165, 1.54) is 21.7 Å². The third-order valence-electron chi connectivity index (χ3n) is 0.788. The summed E-state index contributed by atoms with van der Waals surface area (Å²) in [4.78, 5) is 0. The first-order valence-electron chi connectivity index (χ1n) is 2.13. The third kappa shape index (κ3) is 1.20. The van der Waals surface area contributed by atoms with E-state index < -0.39 is 0 Å². The first-order chi connectivity index (χ1) is 2.89. The summed E-state index contributed by atoms with van der Waals surface area (Å²) in [5.41, 5.74) is 0. The van der Waals surface area contributed by atoms with Crippen molar-refractivity contribution in [1.29, 1.82) is 0 Å². The first-order valence-corrected chi connectivity index (χ1v) is 5.38. The number of hydrogen-bond donors (Lipinski definition) is 0. The molecule has 0 aliphatic carbocycles. The molecule has 36 valence electrons. The van der Waals surface area contributed by atoms with Crippen LogP contribution in [0.3, 0.4) is 0 Å². The van der Waals surface area contributed by atoms with Crippen molar-refractivity contribution in [2.45, 2.75) is 4.21 Å². The predicted molar refractivity (Wildman–Crippen MR) is 38.6 cm³/mol. The van der Waals surface area contributed by atoms with E-state index in [0.717, 1.165) is 4.21 Å². The fourth-order valence-corrected chi connectivity index (χ4v) is 4.29. The van der Waals surface area contributed by atoms with Crippen molar-refractivity contribution in [1.82, 2.24) is 0 Å². The Hall–Kier alpha value is 0.917. The molecule has 0 saturated carbocycles. The first kappa shape index (κ1) is 5.06. The molecule has 0 unspecified atom stereocenters. The molecule has 6 heavy (non-hydrogen) atoms. The molecule has 0 N–H and O–H groups in total. The summed E-state index contributed by atoms with van der Waals surface area (Å²) in [6.45, 7) is 0. The number of thioether (sulfide) groups is 2. The highest BCUT2D eigenvalue weighted by molar-refractivity contribution is 8.21. The molecule has 1 aliphatic heterocycles. The van der Waals surface area contributed by atoms with E-state index in [1.54, 1.807) is 0 Å². The predicted octanol–water partition coefficient (Wildman–Crippen LogP) is 0.115.